The Balaban J connectivity index is 1.31. The second-order valence-corrected chi connectivity index (χ2v) is 16.5. The first kappa shape index (κ1) is 37.6. The Hall–Kier alpha value is -1.64. The van der Waals surface area contributed by atoms with E-state index in [1.165, 1.54) is 0 Å². The van der Waals surface area contributed by atoms with E-state index in [1.807, 2.05) is 11.8 Å². The number of halogens is 4. The summed E-state index contributed by atoms with van der Waals surface area (Å²) >= 11 is 6.33. The number of nitrogens with zero attached hydrogens (tertiary/aromatic N) is 3. The van der Waals surface area contributed by atoms with Crippen LogP contribution >= 0.6 is 11.6 Å². The molecule has 19 heteroatoms. The van der Waals surface area contributed by atoms with Gasteiger partial charge in [0.05, 0.1) is 42.2 Å². The van der Waals surface area contributed by atoms with Crippen LogP contribution in [0.5, 0.6) is 0 Å². The van der Waals surface area contributed by atoms with Gasteiger partial charge in [-0.3, -0.25) is 40.1 Å². The van der Waals surface area contributed by atoms with E-state index in [9.17, 15) is 41.1 Å². The van der Waals surface area contributed by atoms with Crippen LogP contribution in [-0.4, -0.2) is 163 Å². The molecular formula is C29H48ClF3N8O6S. The summed E-state index contributed by atoms with van der Waals surface area (Å²) in [7, 11) is -3.58. The molecule has 48 heavy (non-hydrogen) atoms. The average Bonchev–Trinajstić information content (AvgIpc) is 3.03. The summed E-state index contributed by atoms with van der Waals surface area (Å²) in [5, 5.41) is 23.7. The fourth-order valence-electron chi connectivity index (χ4n) is 7.87. The lowest BCUT2D eigenvalue weighted by molar-refractivity contribution is -0.182. The third-order valence-electron chi connectivity index (χ3n) is 10.7. The van der Waals surface area contributed by atoms with Crippen LogP contribution in [0.15, 0.2) is 0 Å². The second kappa shape index (κ2) is 14.9. The quantitative estimate of drug-likeness (QED) is 0.162. The number of Topliss-reactive ketones (excluding diaryl/α,β-unsaturated/α-hetero) is 1. The van der Waals surface area contributed by atoms with Crippen molar-refractivity contribution in [2.24, 2.45) is 5.92 Å². The third kappa shape index (κ3) is 7.96. The number of ketones is 1. The molecule has 0 aromatic heterocycles. The zero-order valence-corrected chi connectivity index (χ0v) is 29.0. The Kier molecular flexibility index (Phi) is 11.7. The SMILES string of the molecule is CCC1C(N2CCN(C(=O)C3NCNC(C)C3O)CC2)C(=O)C2NCC(S(C)(=O)=O)NC2N1CC(=O)NC1CCC(C(F)(F)F)CC1Cl. The molecule has 11 atom stereocenters. The van der Waals surface area contributed by atoms with Crippen molar-refractivity contribution in [1.82, 2.24) is 41.3 Å². The molecule has 4 aliphatic heterocycles. The van der Waals surface area contributed by atoms with Gasteiger partial charge in [0.1, 0.15) is 11.4 Å². The monoisotopic (exact) mass is 728 g/mol. The van der Waals surface area contributed by atoms with E-state index in [2.05, 4.69) is 26.6 Å². The third-order valence-corrected chi connectivity index (χ3v) is 12.5. The largest absolute Gasteiger partial charge is 0.391 e. The Morgan fingerprint density at radius 3 is 2.40 bits per heavy atom. The molecule has 0 spiro atoms. The summed E-state index contributed by atoms with van der Waals surface area (Å²) in [6, 6.07) is -3.73. The normalized spacial score (nSPS) is 39.1. The number of hydrogen-bond acceptors (Lipinski definition) is 12. The molecule has 5 rings (SSSR count). The number of amides is 2. The minimum atomic E-state index is -4.36. The van der Waals surface area contributed by atoms with Crippen molar-refractivity contribution in [2.45, 2.75) is 105 Å². The van der Waals surface area contributed by atoms with Crippen molar-refractivity contribution in [3.05, 3.63) is 0 Å². The maximum absolute atomic E-state index is 14.2. The highest BCUT2D eigenvalue weighted by Gasteiger charge is 2.54. The second-order valence-electron chi connectivity index (χ2n) is 13.8. The van der Waals surface area contributed by atoms with E-state index in [1.54, 1.807) is 16.7 Å². The summed E-state index contributed by atoms with van der Waals surface area (Å²) < 4.78 is 64.9. The van der Waals surface area contributed by atoms with Crippen molar-refractivity contribution < 1.29 is 41.1 Å². The number of carbonyl (C=O) groups excluding carboxylic acids is 3. The van der Waals surface area contributed by atoms with Crippen LogP contribution in [0.4, 0.5) is 13.2 Å². The Morgan fingerprint density at radius 2 is 1.79 bits per heavy atom. The van der Waals surface area contributed by atoms with E-state index in [4.69, 9.17) is 11.6 Å². The minimum absolute atomic E-state index is 0.0159. The molecule has 0 aromatic carbocycles. The number of aliphatic hydroxyl groups is 1. The smallest absolute Gasteiger partial charge is 0.389 e. The molecule has 274 valence electrons. The van der Waals surface area contributed by atoms with Crippen LogP contribution in [0.1, 0.15) is 39.5 Å². The van der Waals surface area contributed by atoms with Gasteiger partial charge in [-0.2, -0.15) is 13.2 Å². The van der Waals surface area contributed by atoms with Gasteiger partial charge in [-0.15, -0.1) is 11.6 Å². The maximum atomic E-state index is 14.2. The van der Waals surface area contributed by atoms with Gasteiger partial charge in [-0.25, -0.2) is 8.42 Å². The van der Waals surface area contributed by atoms with Crippen molar-refractivity contribution >= 4 is 39.0 Å². The van der Waals surface area contributed by atoms with Crippen molar-refractivity contribution in [2.75, 3.05) is 52.2 Å². The predicted octanol–water partition coefficient (Wildman–Crippen LogP) is -1.86. The lowest BCUT2D eigenvalue weighted by Crippen LogP contribution is -2.80. The van der Waals surface area contributed by atoms with Crippen LogP contribution in [0.2, 0.25) is 0 Å². The molecule has 0 bridgehead atoms. The molecule has 5 fully saturated rings. The van der Waals surface area contributed by atoms with Gasteiger partial charge < -0.3 is 20.6 Å². The molecule has 1 aliphatic carbocycles. The summed E-state index contributed by atoms with van der Waals surface area (Å²) in [5.74, 6) is -2.39. The predicted molar refractivity (Wildman–Crippen MR) is 170 cm³/mol. The number of alkyl halides is 4. The van der Waals surface area contributed by atoms with Crippen LogP contribution in [0, 0.1) is 5.92 Å². The molecule has 14 nitrogen and oxygen atoms in total. The number of sulfone groups is 1. The van der Waals surface area contributed by atoms with Crippen molar-refractivity contribution in [3.8, 4) is 0 Å². The van der Waals surface area contributed by atoms with E-state index < -0.39 is 81.1 Å². The molecule has 4 heterocycles. The van der Waals surface area contributed by atoms with Crippen molar-refractivity contribution in [3.63, 3.8) is 0 Å². The van der Waals surface area contributed by atoms with E-state index in [0.717, 1.165) is 6.26 Å². The summed E-state index contributed by atoms with van der Waals surface area (Å²) in [4.78, 5) is 46.5. The fourth-order valence-corrected chi connectivity index (χ4v) is 9.06. The van der Waals surface area contributed by atoms with Crippen LogP contribution in [0.3, 0.4) is 0 Å². The van der Waals surface area contributed by atoms with Crippen LogP contribution < -0.4 is 26.6 Å². The first-order chi connectivity index (χ1) is 22.5. The van der Waals surface area contributed by atoms with Crippen molar-refractivity contribution in [1.29, 1.82) is 0 Å². The standard InChI is InChI=1S/C29H48ClF3N8O6S/c1-4-19-24(39-7-9-40(10-8-39)28(45)23-25(43)15(2)35-14-36-23)26(44)22-27(38-21(12-34-22)48(3,46)47)41(19)13-20(42)37-18-6-5-16(11-17(18)30)29(31,32)33/h15-19,21-25,27,34-36,38,43H,4-14H2,1-3H3,(H,37,42). The highest BCUT2D eigenvalue weighted by atomic mass is 35.5. The number of piperazine rings is 2. The first-order valence-electron chi connectivity index (χ1n) is 16.7. The van der Waals surface area contributed by atoms with E-state index >= 15 is 0 Å². The molecule has 2 amide bonds. The molecule has 5 aliphatic rings. The fraction of sp³-hybridized carbons (Fsp3) is 0.897. The van der Waals surface area contributed by atoms with Gasteiger partial charge >= 0.3 is 6.18 Å². The van der Waals surface area contributed by atoms with Gasteiger partial charge in [0.2, 0.25) is 11.8 Å². The molecular weight excluding hydrogens is 681 g/mol. The van der Waals surface area contributed by atoms with Crippen LogP contribution in [-0.2, 0) is 24.2 Å². The Labute approximate surface area is 284 Å². The summed E-state index contributed by atoms with van der Waals surface area (Å²) in [6.45, 7) is 5.17. The van der Waals surface area contributed by atoms with Gasteiger partial charge in [0, 0.05) is 63.8 Å². The van der Waals surface area contributed by atoms with Crippen LogP contribution in [0.25, 0.3) is 0 Å². The summed E-state index contributed by atoms with van der Waals surface area (Å²) in [5.41, 5.74) is 0. The number of nitrogens with one attached hydrogen (secondary N) is 5. The number of hydrogen-bond donors (Lipinski definition) is 6. The van der Waals surface area contributed by atoms with Gasteiger partial charge in [0.15, 0.2) is 15.6 Å². The zero-order chi connectivity index (χ0) is 35.1. The van der Waals surface area contributed by atoms with Gasteiger partial charge in [0.25, 0.3) is 0 Å². The molecule has 1 saturated carbocycles. The average molecular weight is 729 g/mol. The van der Waals surface area contributed by atoms with Gasteiger partial charge in [-0.1, -0.05) is 6.92 Å². The molecule has 4 saturated heterocycles. The number of carbonyl (C=O) groups is 3. The number of fused-ring (bicyclic) bond motifs is 1. The topological polar surface area (TPSA) is 175 Å². The molecule has 0 aromatic rings. The number of rotatable bonds is 7. The lowest BCUT2D eigenvalue weighted by atomic mass is 9.84. The lowest BCUT2D eigenvalue weighted by Gasteiger charge is -2.55. The maximum Gasteiger partial charge on any atom is 0.391 e. The molecule has 6 N–H and O–H groups in total. The number of likely N-dealkylation sites (tertiary alicyclic amines) is 1. The molecule has 11 unspecified atom stereocenters. The minimum Gasteiger partial charge on any atom is -0.389 e. The molecule has 0 radical (unpaired) electrons. The highest BCUT2D eigenvalue weighted by molar-refractivity contribution is 7.91. The first-order valence-corrected chi connectivity index (χ1v) is 19.1. The van der Waals surface area contributed by atoms with E-state index in [-0.39, 0.29) is 50.1 Å². The van der Waals surface area contributed by atoms with Gasteiger partial charge in [-0.05, 0) is 32.6 Å². The zero-order valence-electron chi connectivity index (χ0n) is 27.4. The van der Waals surface area contributed by atoms with E-state index in [0.29, 0.717) is 39.3 Å². The Bertz CT molecular complexity index is 1310. The number of aliphatic hydroxyl groups excluding tert-OH is 1. The highest BCUT2D eigenvalue weighted by Crippen LogP contribution is 2.39. The Morgan fingerprint density at radius 1 is 1.10 bits per heavy atom. The summed E-state index contributed by atoms with van der Waals surface area (Å²) in [6.07, 6.45) is -4.98. The number of piperidine rings is 1.